The summed E-state index contributed by atoms with van der Waals surface area (Å²) in [6, 6.07) is 8.29. The minimum absolute atomic E-state index is 0.450. The molecule has 0 N–H and O–H groups in total. The molecule has 0 unspecified atom stereocenters. The highest BCUT2D eigenvalue weighted by atomic mass is 79.9. The lowest BCUT2D eigenvalue weighted by atomic mass is 10.1. The van der Waals surface area contributed by atoms with Crippen LogP contribution in [-0.4, -0.2) is 0 Å². The summed E-state index contributed by atoms with van der Waals surface area (Å²) < 4.78 is 3.36. The molecule has 0 spiro atoms. The van der Waals surface area contributed by atoms with Gasteiger partial charge in [-0.1, -0.05) is 12.1 Å². The van der Waals surface area contributed by atoms with E-state index >= 15 is 0 Å². The number of rotatable bonds is 1. The van der Waals surface area contributed by atoms with Gasteiger partial charge in [0.1, 0.15) is 0 Å². The molecule has 0 atom stereocenters. The lowest BCUT2D eigenvalue weighted by Gasteiger charge is -1.99. The van der Waals surface area contributed by atoms with E-state index in [0.717, 1.165) is 13.8 Å². The molecule has 70 valence electrons. The predicted molar refractivity (Wildman–Crippen MR) is 66.5 cm³/mol. The van der Waals surface area contributed by atoms with Crippen LogP contribution in [0.1, 0.15) is 5.56 Å². The first-order valence-electron chi connectivity index (χ1n) is 3.95. The van der Waals surface area contributed by atoms with Gasteiger partial charge < -0.3 is 0 Å². The van der Waals surface area contributed by atoms with Crippen molar-refractivity contribution in [3.63, 3.8) is 0 Å². The number of nitrogens with zero attached hydrogens (tertiary/aromatic N) is 1. The molecule has 0 aliphatic rings. The Balaban J connectivity index is 2.69. The Morgan fingerprint density at radius 2 is 2.14 bits per heavy atom. The van der Waals surface area contributed by atoms with Gasteiger partial charge in [-0.05, 0) is 48.9 Å². The summed E-state index contributed by atoms with van der Waals surface area (Å²) in [6.45, 7) is 0. The monoisotopic (exact) mass is 329 g/mol. The first-order chi connectivity index (χ1) is 6.72. The zero-order valence-corrected chi connectivity index (χ0v) is 11.0. The summed E-state index contributed by atoms with van der Waals surface area (Å²) in [6.07, 6.45) is 0.450. The maximum Gasteiger partial charge on any atom is 0.0711 e. The van der Waals surface area contributed by atoms with E-state index in [1.54, 1.807) is 11.3 Å². The molecule has 4 heteroatoms. The van der Waals surface area contributed by atoms with Crippen LogP contribution >= 0.6 is 43.2 Å². The molecule has 1 heterocycles. The van der Waals surface area contributed by atoms with Crippen molar-refractivity contribution in [2.24, 2.45) is 0 Å². The van der Waals surface area contributed by atoms with Gasteiger partial charge in [-0.3, -0.25) is 0 Å². The molecule has 1 nitrogen and oxygen atoms in total. The highest BCUT2D eigenvalue weighted by Gasteiger charge is 2.07. The van der Waals surface area contributed by atoms with Crippen molar-refractivity contribution in [2.45, 2.75) is 6.42 Å². The molecule has 0 saturated carbocycles. The van der Waals surface area contributed by atoms with Crippen molar-refractivity contribution < 1.29 is 0 Å². The van der Waals surface area contributed by atoms with E-state index in [4.69, 9.17) is 5.26 Å². The van der Waals surface area contributed by atoms with Crippen LogP contribution in [0.15, 0.2) is 26.5 Å². The fourth-order valence-electron chi connectivity index (χ4n) is 1.30. The van der Waals surface area contributed by atoms with E-state index in [9.17, 15) is 0 Å². The van der Waals surface area contributed by atoms with E-state index in [-0.39, 0.29) is 0 Å². The van der Waals surface area contributed by atoms with Crippen LogP contribution in [0, 0.1) is 11.3 Å². The van der Waals surface area contributed by atoms with Gasteiger partial charge in [0.25, 0.3) is 0 Å². The molecule has 0 saturated heterocycles. The van der Waals surface area contributed by atoms with Crippen molar-refractivity contribution in [1.82, 2.24) is 0 Å². The summed E-state index contributed by atoms with van der Waals surface area (Å²) >= 11 is 8.67. The summed E-state index contributed by atoms with van der Waals surface area (Å²) in [7, 11) is 0. The molecule has 0 radical (unpaired) electrons. The maximum absolute atomic E-state index is 8.64. The van der Waals surface area contributed by atoms with Crippen molar-refractivity contribution >= 4 is 53.3 Å². The van der Waals surface area contributed by atoms with Gasteiger partial charge in [-0.2, -0.15) is 5.26 Å². The number of thiophene rings is 1. The molecular formula is C10H5Br2NS. The van der Waals surface area contributed by atoms with Crippen LogP contribution in [0.3, 0.4) is 0 Å². The van der Waals surface area contributed by atoms with E-state index in [1.807, 2.05) is 12.1 Å². The van der Waals surface area contributed by atoms with Crippen molar-refractivity contribution in [3.05, 3.63) is 32.0 Å². The Bertz CT molecular complexity index is 525. The first-order valence-corrected chi connectivity index (χ1v) is 6.36. The number of benzene rings is 1. The van der Waals surface area contributed by atoms with Gasteiger partial charge in [0, 0.05) is 9.17 Å². The molecule has 0 bridgehead atoms. The number of halogens is 2. The zero-order valence-electron chi connectivity index (χ0n) is 7.05. The Morgan fingerprint density at radius 3 is 2.86 bits per heavy atom. The molecule has 0 fully saturated rings. The van der Waals surface area contributed by atoms with Crippen LogP contribution in [0.2, 0.25) is 0 Å². The lowest BCUT2D eigenvalue weighted by molar-refractivity contribution is 1.26. The summed E-state index contributed by atoms with van der Waals surface area (Å²) in [5.74, 6) is 0. The second-order valence-corrected chi connectivity index (χ2v) is 6.07. The molecule has 0 amide bonds. The number of nitriles is 1. The summed E-state index contributed by atoms with van der Waals surface area (Å²) in [5, 5.41) is 9.85. The van der Waals surface area contributed by atoms with Gasteiger partial charge in [0.15, 0.2) is 0 Å². The second-order valence-electron chi connectivity index (χ2n) is 2.84. The molecule has 0 aliphatic heterocycles. The SMILES string of the molecule is N#CCc1ccc2cc(Br)sc2c1Br. The largest absolute Gasteiger partial charge is 0.198 e. The quantitative estimate of drug-likeness (QED) is 0.755. The Labute approximate surface area is 103 Å². The molecule has 2 aromatic rings. The zero-order chi connectivity index (χ0) is 10.1. The van der Waals surface area contributed by atoms with Crippen LogP contribution < -0.4 is 0 Å². The van der Waals surface area contributed by atoms with Gasteiger partial charge in [-0.25, -0.2) is 0 Å². The predicted octanol–water partition coefficient (Wildman–Crippen LogP) is 4.49. The fourth-order valence-corrected chi connectivity index (χ4v) is 3.62. The van der Waals surface area contributed by atoms with E-state index < -0.39 is 0 Å². The van der Waals surface area contributed by atoms with Crippen LogP contribution in [0.4, 0.5) is 0 Å². The normalized spacial score (nSPS) is 10.4. The second kappa shape index (κ2) is 4.01. The highest BCUT2D eigenvalue weighted by Crippen LogP contribution is 2.36. The molecule has 1 aromatic carbocycles. The fraction of sp³-hybridized carbons (Fsp3) is 0.100. The standard InChI is InChI=1S/C10H5Br2NS/c11-8-5-7-2-1-6(3-4-13)9(12)10(7)14-8/h1-2,5H,3H2. The van der Waals surface area contributed by atoms with Crippen molar-refractivity contribution in [1.29, 1.82) is 5.26 Å². The van der Waals surface area contributed by atoms with E-state index in [2.05, 4.69) is 44.0 Å². The number of fused-ring (bicyclic) bond motifs is 1. The minimum Gasteiger partial charge on any atom is -0.198 e. The third-order valence-electron chi connectivity index (χ3n) is 1.95. The molecule has 14 heavy (non-hydrogen) atoms. The molecular weight excluding hydrogens is 326 g/mol. The Hall–Kier alpha value is -0.370. The summed E-state index contributed by atoms with van der Waals surface area (Å²) in [5.41, 5.74) is 1.05. The summed E-state index contributed by atoms with van der Waals surface area (Å²) in [4.78, 5) is 0. The molecule has 2 rings (SSSR count). The van der Waals surface area contributed by atoms with Crippen LogP contribution in [0.25, 0.3) is 10.1 Å². The Kier molecular flexibility index (Phi) is 2.91. The van der Waals surface area contributed by atoms with Gasteiger partial charge in [0.2, 0.25) is 0 Å². The average molecular weight is 331 g/mol. The van der Waals surface area contributed by atoms with Gasteiger partial charge in [-0.15, -0.1) is 11.3 Å². The number of hydrogen-bond donors (Lipinski definition) is 0. The first kappa shape index (κ1) is 10.2. The smallest absolute Gasteiger partial charge is 0.0711 e. The molecule has 0 aliphatic carbocycles. The topological polar surface area (TPSA) is 23.8 Å². The van der Waals surface area contributed by atoms with Gasteiger partial charge >= 0.3 is 0 Å². The maximum atomic E-state index is 8.64. The van der Waals surface area contributed by atoms with E-state index in [1.165, 1.54) is 10.1 Å². The molecule has 1 aromatic heterocycles. The third-order valence-corrected chi connectivity index (χ3v) is 4.79. The average Bonchev–Trinajstić information content (AvgIpc) is 2.52. The Morgan fingerprint density at radius 1 is 1.36 bits per heavy atom. The minimum atomic E-state index is 0.450. The van der Waals surface area contributed by atoms with Crippen molar-refractivity contribution in [2.75, 3.05) is 0 Å². The van der Waals surface area contributed by atoms with Crippen LogP contribution in [0.5, 0.6) is 0 Å². The lowest BCUT2D eigenvalue weighted by Crippen LogP contribution is -1.82. The van der Waals surface area contributed by atoms with E-state index in [0.29, 0.717) is 6.42 Å². The third kappa shape index (κ3) is 1.72. The van der Waals surface area contributed by atoms with Gasteiger partial charge in [0.05, 0.1) is 16.3 Å². The highest BCUT2D eigenvalue weighted by molar-refractivity contribution is 9.11. The van der Waals surface area contributed by atoms with Crippen LogP contribution in [-0.2, 0) is 6.42 Å². The van der Waals surface area contributed by atoms with Crippen molar-refractivity contribution in [3.8, 4) is 6.07 Å². The number of hydrogen-bond acceptors (Lipinski definition) is 2.